The van der Waals surface area contributed by atoms with E-state index >= 15 is 0 Å². The van der Waals surface area contributed by atoms with Crippen molar-refractivity contribution < 1.29 is 9.59 Å². The zero-order chi connectivity index (χ0) is 13.1. The van der Waals surface area contributed by atoms with Gasteiger partial charge in [-0.15, -0.1) is 0 Å². The van der Waals surface area contributed by atoms with Gasteiger partial charge < -0.3 is 16.4 Å². The predicted molar refractivity (Wildman–Crippen MR) is 66.1 cm³/mol. The van der Waals surface area contributed by atoms with Gasteiger partial charge in [0.25, 0.3) is 0 Å². The normalized spacial score (nSPS) is 25.4. The smallest absolute Gasteiger partial charge is 0.224 e. The molecule has 2 atom stereocenters. The molecule has 0 saturated carbocycles. The number of hydrogen-bond donors (Lipinski definition) is 3. The van der Waals surface area contributed by atoms with Crippen molar-refractivity contribution in [3.8, 4) is 0 Å². The molecule has 1 saturated heterocycles. The molecule has 0 bridgehead atoms. The summed E-state index contributed by atoms with van der Waals surface area (Å²) in [6, 6.07) is 0. The lowest BCUT2D eigenvalue weighted by molar-refractivity contribution is -0.128. The van der Waals surface area contributed by atoms with Crippen molar-refractivity contribution in [1.82, 2.24) is 10.6 Å². The first-order valence-electron chi connectivity index (χ1n) is 6.11. The number of carbonyl (C=O) groups excluding carboxylic acids is 2. The second kappa shape index (κ2) is 5.49. The van der Waals surface area contributed by atoms with Gasteiger partial charge >= 0.3 is 0 Å². The van der Waals surface area contributed by atoms with E-state index in [1.54, 1.807) is 13.8 Å². The maximum atomic E-state index is 11.9. The van der Waals surface area contributed by atoms with Gasteiger partial charge in [0.15, 0.2) is 0 Å². The number of hydrogen-bond acceptors (Lipinski definition) is 3. The summed E-state index contributed by atoms with van der Waals surface area (Å²) in [5.74, 6) is 0.136. The molecule has 0 aromatic carbocycles. The summed E-state index contributed by atoms with van der Waals surface area (Å²) in [6.07, 6.45) is 0.899. The number of amides is 2. The Kier molecular flexibility index (Phi) is 4.51. The third-order valence-corrected chi connectivity index (χ3v) is 3.31. The van der Waals surface area contributed by atoms with Crippen LogP contribution in [-0.4, -0.2) is 31.4 Å². The van der Waals surface area contributed by atoms with Crippen LogP contribution < -0.4 is 16.4 Å². The summed E-state index contributed by atoms with van der Waals surface area (Å²) in [4.78, 5) is 23.0. The minimum atomic E-state index is -0.691. The summed E-state index contributed by atoms with van der Waals surface area (Å²) < 4.78 is 0. The molecular weight excluding hydrogens is 218 g/mol. The standard InChI is InChI=1S/C12H23N3O2/c1-8-4-9(6-14-5-8)10(16)15-7-12(2,3)11(13)17/h8-9,14H,4-7H2,1-3H3,(H2,13,17)(H,15,16). The summed E-state index contributed by atoms with van der Waals surface area (Å²) in [6.45, 7) is 7.57. The Bertz CT molecular complexity index is 302. The molecule has 0 aliphatic carbocycles. The van der Waals surface area contributed by atoms with Gasteiger partial charge in [0.1, 0.15) is 0 Å². The lowest BCUT2D eigenvalue weighted by Gasteiger charge is -2.28. The summed E-state index contributed by atoms with van der Waals surface area (Å²) in [5, 5.41) is 6.05. The molecule has 0 aromatic heterocycles. The van der Waals surface area contributed by atoms with Crippen LogP contribution in [0.15, 0.2) is 0 Å². The second-order valence-corrected chi connectivity index (χ2v) is 5.66. The topological polar surface area (TPSA) is 84.2 Å². The van der Waals surface area contributed by atoms with Crippen LogP contribution in [0.1, 0.15) is 27.2 Å². The third kappa shape index (κ3) is 4.00. The number of carbonyl (C=O) groups is 2. The summed E-state index contributed by atoms with van der Waals surface area (Å²) >= 11 is 0. The Morgan fingerprint density at radius 1 is 1.41 bits per heavy atom. The predicted octanol–water partition coefficient (Wildman–Crippen LogP) is -0.140. The monoisotopic (exact) mass is 241 g/mol. The minimum Gasteiger partial charge on any atom is -0.369 e. The molecule has 17 heavy (non-hydrogen) atoms. The van der Waals surface area contributed by atoms with Crippen LogP contribution in [0.4, 0.5) is 0 Å². The number of nitrogens with one attached hydrogen (secondary N) is 2. The van der Waals surface area contributed by atoms with Crippen molar-refractivity contribution >= 4 is 11.8 Å². The van der Waals surface area contributed by atoms with Crippen LogP contribution in [0, 0.1) is 17.3 Å². The minimum absolute atomic E-state index is 0.00225. The van der Waals surface area contributed by atoms with E-state index in [-0.39, 0.29) is 11.8 Å². The second-order valence-electron chi connectivity index (χ2n) is 5.66. The Morgan fingerprint density at radius 2 is 2.06 bits per heavy atom. The molecule has 5 nitrogen and oxygen atoms in total. The highest BCUT2D eigenvalue weighted by molar-refractivity contribution is 5.83. The molecule has 0 radical (unpaired) electrons. The van der Waals surface area contributed by atoms with E-state index in [0.29, 0.717) is 19.0 Å². The largest absolute Gasteiger partial charge is 0.369 e. The fourth-order valence-corrected chi connectivity index (χ4v) is 1.90. The highest BCUT2D eigenvalue weighted by atomic mass is 16.2. The molecule has 2 amide bonds. The molecule has 1 aliphatic heterocycles. The van der Waals surface area contributed by atoms with Gasteiger partial charge in [0, 0.05) is 13.1 Å². The molecule has 1 heterocycles. The quantitative estimate of drug-likeness (QED) is 0.640. The summed E-state index contributed by atoms with van der Waals surface area (Å²) in [7, 11) is 0. The highest BCUT2D eigenvalue weighted by Crippen LogP contribution is 2.17. The molecule has 1 aliphatic rings. The van der Waals surface area contributed by atoms with Crippen LogP contribution in [0.25, 0.3) is 0 Å². The maximum absolute atomic E-state index is 11.9. The molecule has 0 spiro atoms. The van der Waals surface area contributed by atoms with Gasteiger partial charge in [-0.2, -0.15) is 0 Å². The van der Waals surface area contributed by atoms with E-state index in [1.807, 2.05) is 0 Å². The van der Waals surface area contributed by atoms with Crippen LogP contribution >= 0.6 is 0 Å². The van der Waals surface area contributed by atoms with Crippen LogP contribution in [0.3, 0.4) is 0 Å². The number of nitrogens with two attached hydrogens (primary N) is 1. The van der Waals surface area contributed by atoms with Crippen LogP contribution in [-0.2, 0) is 9.59 Å². The van der Waals surface area contributed by atoms with E-state index in [0.717, 1.165) is 13.0 Å². The zero-order valence-electron chi connectivity index (χ0n) is 10.9. The molecule has 5 heteroatoms. The fourth-order valence-electron chi connectivity index (χ4n) is 1.90. The van der Waals surface area contributed by atoms with Crippen molar-refractivity contribution in [3.63, 3.8) is 0 Å². The van der Waals surface area contributed by atoms with Crippen molar-refractivity contribution in [3.05, 3.63) is 0 Å². The molecule has 0 aromatic rings. The first kappa shape index (κ1) is 14.0. The number of rotatable bonds is 4. The third-order valence-electron chi connectivity index (χ3n) is 3.31. The Morgan fingerprint density at radius 3 is 2.59 bits per heavy atom. The van der Waals surface area contributed by atoms with E-state index in [4.69, 9.17) is 5.73 Å². The van der Waals surface area contributed by atoms with Gasteiger partial charge in [-0.3, -0.25) is 9.59 Å². The zero-order valence-corrected chi connectivity index (χ0v) is 10.9. The maximum Gasteiger partial charge on any atom is 0.224 e. The number of primary amides is 1. The van der Waals surface area contributed by atoms with E-state index in [2.05, 4.69) is 17.6 Å². The lowest BCUT2D eigenvalue weighted by atomic mass is 9.89. The van der Waals surface area contributed by atoms with Gasteiger partial charge in [0.2, 0.25) is 11.8 Å². The van der Waals surface area contributed by atoms with Crippen molar-refractivity contribution in [2.45, 2.75) is 27.2 Å². The Hall–Kier alpha value is -1.10. The SMILES string of the molecule is CC1CNCC(C(=O)NCC(C)(C)C(N)=O)C1. The van der Waals surface area contributed by atoms with Crippen LogP contribution in [0.2, 0.25) is 0 Å². The number of piperidine rings is 1. The first-order chi connectivity index (χ1) is 7.83. The van der Waals surface area contributed by atoms with Gasteiger partial charge in [-0.1, -0.05) is 6.92 Å². The molecule has 98 valence electrons. The molecular formula is C12H23N3O2. The summed E-state index contributed by atoms with van der Waals surface area (Å²) in [5.41, 5.74) is 4.56. The Balaban J connectivity index is 2.41. The van der Waals surface area contributed by atoms with Crippen molar-refractivity contribution in [1.29, 1.82) is 0 Å². The van der Waals surface area contributed by atoms with E-state index in [1.165, 1.54) is 0 Å². The highest BCUT2D eigenvalue weighted by Gasteiger charge is 2.29. The van der Waals surface area contributed by atoms with Gasteiger partial charge in [-0.05, 0) is 32.7 Å². The van der Waals surface area contributed by atoms with E-state index < -0.39 is 11.3 Å². The Labute approximate surface area is 103 Å². The molecule has 1 rings (SSSR count). The average Bonchev–Trinajstić information content (AvgIpc) is 2.25. The van der Waals surface area contributed by atoms with Crippen LogP contribution in [0.5, 0.6) is 0 Å². The van der Waals surface area contributed by atoms with Gasteiger partial charge in [-0.25, -0.2) is 0 Å². The average molecular weight is 241 g/mol. The molecule has 2 unspecified atom stereocenters. The molecule has 4 N–H and O–H groups in total. The lowest BCUT2D eigenvalue weighted by Crippen LogP contribution is -2.47. The van der Waals surface area contributed by atoms with E-state index in [9.17, 15) is 9.59 Å². The molecule has 1 fully saturated rings. The first-order valence-corrected chi connectivity index (χ1v) is 6.11. The van der Waals surface area contributed by atoms with Crippen molar-refractivity contribution in [2.24, 2.45) is 23.0 Å². The van der Waals surface area contributed by atoms with Crippen molar-refractivity contribution in [2.75, 3.05) is 19.6 Å². The van der Waals surface area contributed by atoms with Gasteiger partial charge in [0.05, 0.1) is 11.3 Å². The fraction of sp³-hybridized carbons (Fsp3) is 0.833.